The lowest BCUT2D eigenvalue weighted by atomic mass is 10.1. The highest BCUT2D eigenvalue weighted by Gasteiger charge is 2.30. The van der Waals surface area contributed by atoms with Crippen LogP contribution in [-0.4, -0.2) is 5.91 Å². The van der Waals surface area contributed by atoms with Gasteiger partial charge in [0.25, 0.3) is 0 Å². The fourth-order valence-corrected chi connectivity index (χ4v) is 3.05. The molecule has 2 nitrogen and oxygen atoms in total. The molecule has 0 aliphatic carbocycles. The van der Waals surface area contributed by atoms with Crippen molar-refractivity contribution in [2.24, 2.45) is 0 Å². The van der Waals surface area contributed by atoms with E-state index in [1.807, 2.05) is 31.2 Å². The van der Waals surface area contributed by atoms with Gasteiger partial charge in [0.1, 0.15) is 0 Å². The Bertz CT molecular complexity index is 673. The number of rotatable bonds is 2. The van der Waals surface area contributed by atoms with E-state index in [1.54, 1.807) is 4.90 Å². The summed E-state index contributed by atoms with van der Waals surface area (Å²) in [7, 11) is 0. The molecule has 102 valence electrons. The van der Waals surface area contributed by atoms with Gasteiger partial charge in [0.2, 0.25) is 5.91 Å². The summed E-state index contributed by atoms with van der Waals surface area (Å²) in [6.07, 6.45) is 1.43. The molecule has 3 rings (SSSR count). The number of anilines is 2. The number of carbonyl (C=O) groups is 1. The van der Waals surface area contributed by atoms with Crippen molar-refractivity contribution in [1.29, 1.82) is 0 Å². The average Bonchev–Trinajstić information content (AvgIpc) is 2.74. The molecule has 3 heteroatoms. The molecule has 0 unspecified atom stereocenters. The summed E-state index contributed by atoms with van der Waals surface area (Å²) >= 11 is 6.31. The van der Waals surface area contributed by atoms with E-state index in [2.05, 4.69) is 19.1 Å². The quantitative estimate of drug-likeness (QED) is 0.799. The van der Waals surface area contributed by atoms with Crippen molar-refractivity contribution >= 4 is 28.9 Å². The fourth-order valence-electron chi connectivity index (χ4n) is 2.75. The Morgan fingerprint density at radius 1 is 1.25 bits per heavy atom. The summed E-state index contributed by atoms with van der Waals surface area (Å²) in [6, 6.07) is 11.9. The first-order chi connectivity index (χ1) is 9.61. The Kier molecular flexibility index (Phi) is 3.27. The van der Waals surface area contributed by atoms with Crippen LogP contribution in [0.15, 0.2) is 36.4 Å². The van der Waals surface area contributed by atoms with Crippen LogP contribution >= 0.6 is 11.6 Å². The van der Waals surface area contributed by atoms with Crippen molar-refractivity contribution < 1.29 is 4.79 Å². The molecule has 0 spiro atoms. The fraction of sp³-hybridized carbons (Fsp3) is 0.235. The number of para-hydroxylation sites is 1. The second-order valence-corrected chi connectivity index (χ2v) is 5.54. The number of hydrogen-bond acceptors (Lipinski definition) is 1. The highest BCUT2D eigenvalue weighted by Crippen LogP contribution is 2.40. The Morgan fingerprint density at radius 2 is 2.05 bits per heavy atom. The van der Waals surface area contributed by atoms with Gasteiger partial charge in [-0.15, -0.1) is 0 Å². The van der Waals surface area contributed by atoms with Crippen molar-refractivity contribution in [2.75, 3.05) is 4.90 Å². The maximum Gasteiger partial charge on any atom is 0.236 e. The highest BCUT2D eigenvalue weighted by atomic mass is 35.5. The lowest BCUT2D eigenvalue weighted by molar-refractivity contribution is -0.116. The van der Waals surface area contributed by atoms with Gasteiger partial charge in [-0.1, -0.05) is 42.8 Å². The SMILES string of the molecule is CCc1ccc2c(c1)CC(=O)N2c1c(C)cccc1Cl. The molecule has 0 atom stereocenters. The third kappa shape index (κ3) is 2.01. The zero-order valence-corrected chi connectivity index (χ0v) is 12.4. The lowest BCUT2D eigenvalue weighted by Gasteiger charge is -2.21. The molecule has 0 saturated carbocycles. The first-order valence-corrected chi connectivity index (χ1v) is 7.19. The molecule has 1 amide bonds. The van der Waals surface area contributed by atoms with E-state index in [0.29, 0.717) is 11.4 Å². The summed E-state index contributed by atoms with van der Waals surface area (Å²) in [5, 5.41) is 0.616. The van der Waals surface area contributed by atoms with Crippen LogP contribution in [0.25, 0.3) is 0 Å². The van der Waals surface area contributed by atoms with E-state index in [-0.39, 0.29) is 5.91 Å². The summed E-state index contributed by atoms with van der Waals surface area (Å²) in [5.41, 5.74) is 5.13. The van der Waals surface area contributed by atoms with Gasteiger partial charge in [0.05, 0.1) is 22.8 Å². The number of nitrogens with zero attached hydrogens (tertiary/aromatic N) is 1. The van der Waals surface area contributed by atoms with Crippen LogP contribution in [0.1, 0.15) is 23.6 Å². The standard InChI is InChI=1S/C17H16ClNO/c1-3-12-7-8-15-13(9-12)10-16(20)19(15)17-11(2)5-4-6-14(17)18/h4-9H,3,10H2,1-2H3. The van der Waals surface area contributed by atoms with E-state index in [4.69, 9.17) is 11.6 Å². The number of carbonyl (C=O) groups excluding carboxylic acids is 1. The van der Waals surface area contributed by atoms with Gasteiger partial charge < -0.3 is 0 Å². The van der Waals surface area contributed by atoms with Crippen molar-refractivity contribution in [3.05, 3.63) is 58.1 Å². The molecule has 0 radical (unpaired) electrons. The number of aryl methyl sites for hydroxylation is 2. The van der Waals surface area contributed by atoms with Gasteiger partial charge in [-0.2, -0.15) is 0 Å². The molecule has 1 aliphatic heterocycles. The van der Waals surface area contributed by atoms with E-state index in [1.165, 1.54) is 5.56 Å². The van der Waals surface area contributed by atoms with Gasteiger partial charge in [-0.25, -0.2) is 0 Å². The zero-order chi connectivity index (χ0) is 14.3. The number of fused-ring (bicyclic) bond motifs is 1. The average molecular weight is 286 g/mol. The van der Waals surface area contributed by atoms with Crippen LogP contribution in [0, 0.1) is 6.92 Å². The molecule has 2 aromatic rings. The molecule has 0 aromatic heterocycles. The second kappa shape index (κ2) is 4.95. The Morgan fingerprint density at radius 3 is 2.75 bits per heavy atom. The summed E-state index contributed by atoms with van der Waals surface area (Å²) < 4.78 is 0. The van der Waals surface area contributed by atoms with Crippen LogP contribution in [-0.2, 0) is 17.6 Å². The molecular formula is C17H16ClNO. The highest BCUT2D eigenvalue weighted by molar-refractivity contribution is 6.34. The summed E-state index contributed by atoms with van der Waals surface area (Å²) in [6.45, 7) is 4.10. The Balaban J connectivity index is 2.15. The first-order valence-electron chi connectivity index (χ1n) is 6.81. The Hall–Kier alpha value is -1.80. The third-order valence-corrected chi connectivity index (χ3v) is 4.10. The maximum atomic E-state index is 12.4. The lowest BCUT2D eigenvalue weighted by Crippen LogP contribution is -2.22. The summed E-state index contributed by atoms with van der Waals surface area (Å²) in [5.74, 6) is 0.0875. The third-order valence-electron chi connectivity index (χ3n) is 3.80. The first kappa shape index (κ1) is 13.2. The second-order valence-electron chi connectivity index (χ2n) is 5.13. The van der Waals surface area contributed by atoms with Crippen molar-refractivity contribution in [2.45, 2.75) is 26.7 Å². The topological polar surface area (TPSA) is 20.3 Å². The predicted molar refractivity (Wildman–Crippen MR) is 82.9 cm³/mol. The van der Waals surface area contributed by atoms with Gasteiger partial charge in [0, 0.05) is 0 Å². The van der Waals surface area contributed by atoms with Crippen LogP contribution in [0.4, 0.5) is 11.4 Å². The molecule has 1 heterocycles. The number of benzene rings is 2. The zero-order valence-electron chi connectivity index (χ0n) is 11.6. The van der Waals surface area contributed by atoms with Crippen molar-refractivity contribution in [3.63, 3.8) is 0 Å². The normalized spacial score (nSPS) is 13.8. The van der Waals surface area contributed by atoms with Gasteiger partial charge in [-0.05, 0) is 42.2 Å². The maximum absolute atomic E-state index is 12.4. The van der Waals surface area contributed by atoms with E-state index in [9.17, 15) is 4.79 Å². The predicted octanol–water partition coefficient (Wildman–Crippen LogP) is 4.43. The van der Waals surface area contributed by atoms with Gasteiger partial charge >= 0.3 is 0 Å². The molecule has 20 heavy (non-hydrogen) atoms. The molecule has 0 fully saturated rings. The van der Waals surface area contributed by atoms with E-state index < -0.39 is 0 Å². The number of amides is 1. The molecule has 0 bridgehead atoms. The largest absolute Gasteiger partial charge is 0.279 e. The van der Waals surface area contributed by atoms with Crippen molar-refractivity contribution in [1.82, 2.24) is 0 Å². The van der Waals surface area contributed by atoms with Gasteiger partial charge in [0.15, 0.2) is 0 Å². The molecule has 0 N–H and O–H groups in total. The minimum Gasteiger partial charge on any atom is -0.279 e. The number of hydrogen-bond donors (Lipinski definition) is 0. The van der Waals surface area contributed by atoms with E-state index in [0.717, 1.165) is 28.9 Å². The smallest absolute Gasteiger partial charge is 0.236 e. The van der Waals surface area contributed by atoms with Crippen LogP contribution in [0.3, 0.4) is 0 Å². The summed E-state index contributed by atoms with van der Waals surface area (Å²) in [4.78, 5) is 14.2. The minimum absolute atomic E-state index is 0.0875. The molecule has 2 aromatic carbocycles. The van der Waals surface area contributed by atoms with Gasteiger partial charge in [-0.3, -0.25) is 9.69 Å². The van der Waals surface area contributed by atoms with Crippen molar-refractivity contribution in [3.8, 4) is 0 Å². The monoisotopic (exact) mass is 285 g/mol. The Labute approximate surface area is 124 Å². The van der Waals surface area contributed by atoms with Crippen LogP contribution in [0.5, 0.6) is 0 Å². The van der Waals surface area contributed by atoms with Crippen LogP contribution in [0.2, 0.25) is 5.02 Å². The molecule has 1 aliphatic rings. The molecular weight excluding hydrogens is 270 g/mol. The minimum atomic E-state index is 0.0875. The van der Waals surface area contributed by atoms with E-state index >= 15 is 0 Å². The van der Waals surface area contributed by atoms with Crippen LogP contribution < -0.4 is 4.90 Å². The number of halogens is 1. The molecule has 0 saturated heterocycles.